The maximum Gasteiger partial charge on any atom is 0.417 e. The van der Waals surface area contributed by atoms with Crippen molar-refractivity contribution >= 4 is 34.9 Å². The van der Waals surface area contributed by atoms with Crippen LogP contribution < -0.4 is 20.4 Å². The average molecular weight is 851 g/mol. The van der Waals surface area contributed by atoms with E-state index in [9.17, 15) is 26.3 Å². The van der Waals surface area contributed by atoms with Crippen molar-refractivity contribution in [2.45, 2.75) is 73.5 Å². The van der Waals surface area contributed by atoms with Gasteiger partial charge in [0.15, 0.2) is 0 Å². The highest BCUT2D eigenvalue weighted by molar-refractivity contribution is 7.98. The third kappa shape index (κ3) is 7.44. The maximum absolute atomic E-state index is 14.7. The first kappa shape index (κ1) is 39.8. The molecule has 0 aliphatic carbocycles. The zero-order valence-corrected chi connectivity index (χ0v) is 34.4. The fourth-order valence-electron chi connectivity index (χ4n) is 10.8. The molecule has 0 aromatic heterocycles. The SMILES string of the molecule is FC(F)(F)c1cc(CCOCCc2ccc(-c3cc4c5c(c3)[C@@H]3CNCC[C@@H]3N5CCSC4)c(C(F)(F)F)c2)ccc1-c1cc2c3c(c1)[C@@H]1CNCC[C@@H]1N3CCSC2. The molecule has 4 aromatic rings. The fraction of sp³-hybridized carbons (Fsp3) is 0.478. The van der Waals surface area contributed by atoms with Crippen LogP contribution in [0.5, 0.6) is 0 Å². The molecule has 0 amide bonds. The smallest absolute Gasteiger partial charge is 0.381 e. The molecule has 0 radical (unpaired) electrons. The lowest BCUT2D eigenvalue weighted by atomic mass is 9.87. The molecule has 6 heterocycles. The van der Waals surface area contributed by atoms with Gasteiger partial charge in [-0.25, -0.2) is 0 Å². The number of halogens is 6. The van der Waals surface area contributed by atoms with E-state index in [0.717, 1.165) is 97.4 Å². The van der Waals surface area contributed by atoms with Crippen LogP contribution in [0.2, 0.25) is 0 Å². The Morgan fingerprint density at radius 1 is 0.610 bits per heavy atom. The molecule has 10 rings (SSSR count). The van der Waals surface area contributed by atoms with E-state index in [1.54, 1.807) is 24.3 Å². The molecule has 4 aromatic carbocycles. The number of hydrogen-bond acceptors (Lipinski definition) is 7. The number of nitrogens with one attached hydrogen (secondary N) is 2. The van der Waals surface area contributed by atoms with E-state index >= 15 is 0 Å². The molecule has 6 aliphatic rings. The highest BCUT2D eigenvalue weighted by Gasteiger charge is 2.44. The molecule has 4 atom stereocenters. The average Bonchev–Trinajstić information content (AvgIpc) is 3.48. The van der Waals surface area contributed by atoms with Crippen molar-refractivity contribution in [1.29, 1.82) is 0 Å². The Balaban J connectivity index is 0.838. The standard InChI is InChI=1S/C46H48F6N4OS2/c47-45(48,49)39-17-27(1-3-33(39)29-19-31-25-58-15-11-55-41-5-9-53-23-37(41)35(21-29)43(31)55)7-13-57-14-8-28-2-4-34(40(18-28)46(50,51)52)30-20-32-26-59-16-12-56-42-6-10-54-24-38(42)36(22-30)44(32)56/h1-4,17-22,37-38,41-42,53-54H,5-16,23-26H2/t37-,38-,41-,42-/m0/s1. The molecule has 2 fully saturated rings. The quantitative estimate of drug-likeness (QED) is 0.135. The van der Waals surface area contributed by atoms with Gasteiger partial charge in [0.1, 0.15) is 0 Å². The van der Waals surface area contributed by atoms with E-state index in [4.69, 9.17) is 4.74 Å². The van der Waals surface area contributed by atoms with E-state index in [0.29, 0.717) is 34.3 Å². The normalized spacial score (nSPS) is 23.6. The van der Waals surface area contributed by atoms with Crippen molar-refractivity contribution in [3.8, 4) is 22.3 Å². The number of nitrogens with zero attached hydrogens (tertiary/aromatic N) is 2. The van der Waals surface area contributed by atoms with Gasteiger partial charge in [-0.2, -0.15) is 49.9 Å². The first-order chi connectivity index (χ1) is 28.5. The highest BCUT2D eigenvalue weighted by atomic mass is 32.2. The van der Waals surface area contributed by atoms with E-state index < -0.39 is 23.5 Å². The van der Waals surface area contributed by atoms with Gasteiger partial charge in [0, 0.05) is 84.5 Å². The molecular formula is C46H48F6N4OS2. The van der Waals surface area contributed by atoms with Gasteiger partial charge in [-0.15, -0.1) is 0 Å². The van der Waals surface area contributed by atoms with Crippen molar-refractivity contribution in [3.63, 3.8) is 0 Å². The highest BCUT2D eigenvalue weighted by Crippen LogP contribution is 2.52. The number of thioether (sulfide) groups is 2. The summed E-state index contributed by atoms with van der Waals surface area (Å²) >= 11 is 3.67. The van der Waals surface area contributed by atoms with Crippen LogP contribution in [0.3, 0.4) is 0 Å². The van der Waals surface area contributed by atoms with Gasteiger partial charge in [0.05, 0.1) is 24.3 Å². The number of benzene rings is 4. The second-order valence-electron chi connectivity index (χ2n) is 16.8. The summed E-state index contributed by atoms with van der Waals surface area (Å²) in [7, 11) is 0. The maximum atomic E-state index is 14.7. The minimum Gasteiger partial charge on any atom is -0.381 e. The van der Waals surface area contributed by atoms with E-state index in [1.807, 2.05) is 47.8 Å². The van der Waals surface area contributed by atoms with E-state index in [1.165, 1.54) is 23.5 Å². The molecule has 59 heavy (non-hydrogen) atoms. The molecule has 5 nitrogen and oxygen atoms in total. The first-order valence-electron chi connectivity index (χ1n) is 21.0. The van der Waals surface area contributed by atoms with Crippen LogP contribution in [0.15, 0.2) is 60.7 Å². The molecule has 0 spiro atoms. The number of piperidine rings is 2. The van der Waals surface area contributed by atoms with Crippen LogP contribution in [0.4, 0.5) is 37.7 Å². The predicted molar refractivity (Wildman–Crippen MR) is 227 cm³/mol. The van der Waals surface area contributed by atoms with Crippen LogP contribution in [0.25, 0.3) is 22.3 Å². The Morgan fingerprint density at radius 3 is 1.51 bits per heavy atom. The van der Waals surface area contributed by atoms with Crippen molar-refractivity contribution in [2.24, 2.45) is 0 Å². The largest absolute Gasteiger partial charge is 0.417 e. The van der Waals surface area contributed by atoms with Gasteiger partial charge in [-0.05, 0) is 131 Å². The zero-order chi connectivity index (χ0) is 40.5. The Bertz CT molecular complexity index is 2090. The van der Waals surface area contributed by atoms with Crippen molar-refractivity contribution in [3.05, 3.63) is 105 Å². The van der Waals surface area contributed by atoms with Crippen LogP contribution in [0, 0.1) is 0 Å². The summed E-state index contributed by atoms with van der Waals surface area (Å²) in [4.78, 5) is 5.02. The first-order valence-corrected chi connectivity index (χ1v) is 23.3. The summed E-state index contributed by atoms with van der Waals surface area (Å²) in [5, 5.41) is 7.01. The van der Waals surface area contributed by atoms with Gasteiger partial charge in [0.25, 0.3) is 0 Å². The molecule has 0 bridgehead atoms. The Morgan fingerprint density at radius 2 is 1.07 bits per heavy atom. The second kappa shape index (κ2) is 15.8. The Kier molecular flexibility index (Phi) is 10.7. The predicted octanol–water partition coefficient (Wildman–Crippen LogP) is 9.88. The number of hydrogen-bond donors (Lipinski definition) is 2. The van der Waals surface area contributed by atoms with Crippen LogP contribution in [-0.4, -0.2) is 76.1 Å². The molecular weight excluding hydrogens is 803 g/mol. The summed E-state index contributed by atoms with van der Waals surface area (Å²) in [5.74, 6) is 4.09. The molecule has 13 heteroatoms. The minimum atomic E-state index is -4.55. The van der Waals surface area contributed by atoms with Gasteiger partial charge >= 0.3 is 12.4 Å². The monoisotopic (exact) mass is 850 g/mol. The summed E-state index contributed by atoms with van der Waals surface area (Å²) in [6, 6.07) is 17.9. The number of ether oxygens (including phenoxy) is 1. The third-order valence-electron chi connectivity index (χ3n) is 13.4. The lowest BCUT2D eigenvalue weighted by Gasteiger charge is -2.33. The lowest BCUT2D eigenvalue weighted by Crippen LogP contribution is -2.44. The number of rotatable bonds is 8. The van der Waals surface area contributed by atoms with Gasteiger partial charge in [-0.3, -0.25) is 0 Å². The van der Waals surface area contributed by atoms with Gasteiger partial charge < -0.3 is 25.2 Å². The fourth-order valence-corrected chi connectivity index (χ4v) is 12.7. The van der Waals surface area contributed by atoms with Crippen molar-refractivity contribution < 1.29 is 31.1 Å². The molecule has 0 unspecified atom stereocenters. The third-order valence-corrected chi connectivity index (χ3v) is 15.4. The van der Waals surface area contributed by atoms with Gasteiger partial charge in [0.2, 0.25) is 0 Å². The van der Waals surface area contributed by atoms with E-state index in [-0.39, 0.29) is 49.0 Å². The Labute approximate surface area is 350 Å². The zero-order valence-electron chi connectivity index (χ0n) is 32.8. The number of alkyl halides is 6. The molecule has 2 saturated heterocycles. The van der Waals surface area contributed by atoms with E-state index in [2.05, 4.69) is 20.4 Å². The van der Waals surface area contributed by atoms with Crippen LogP contribution in [0.1, 0.15) is 69.2 Å². The number of fused-ring (bicyclic) bond motifs is 6. The van der Waals surface area contributed by atoms with Crippen molar-refractivity contribution in [2.75, 3.05) is 73.8 Å². The second-order valence-corrected chi connectivity index (χ2v) is 19.0. The molecule has 0 saturated carbocycles. The minimum absolute atomic E-state index is 0.150. The molecule has 6 aliphatic heterocycles. The van der Waals surface area contributed by atoms with Crippen molar-refractivity contribution in [1.82, 2.24) is 10.6 Å². The lowest BCUT2D eigenvalue weighted by molar-refractivity contribution is -0.138. The molecule has 312 valence electrons. The van der Waals surface area contributed by atoms with Gasteiger partial charge in [-0.1, -0.05) is 24.3 Å². The van der Waals surface area contributed by atoms with Crippen LogP contribution in [-0.2, 0) is 41.4 Å². The topological polar surface area (TPSA) is 39.8 Å². The summed E-state index contributed by atoms with van der Waals surface area (Å²) < 4.78 is 94.2. The Hall–Kier alpha value is -3.36. The summed E-state index contributed by atoms with van der Waals surface area (Å²) in [6.07, 6.45) is -6.55. The molecule has 2 N–H and O–H groups in total. The van der Waals surface area contributed by atoms with Crippen LogP contribution >= 0.6 is 23.5 Å². The summed E-state index contributed by atoms with van der Waals surface area (Å²) in [6.45, 7) is 5.78. The number of anilines is 2. The summed E-state index contributed by atoms with van der Waals surface area (Å²) in [5.41, 5.74) is 8.28.